The van der Waals surface area contributed by atoms with E-state index in [9.17, 15) is 4.79 Å². The predicted octanol–water partition coefficient (Wildman–Crippen LogP) is 2.90. The van der Waals surface area contributed by atoms with Crippen LogP contribution in [0.15, 0.2) is 30.3 Å². The van der Waals surface area contributed by atoms with Crippen LogP contribution in [-0.2, 0) is 16.1 Å². The van der Waals surface area contributed by atoms with E-state index in [1.807, 2.05) is 36.6 Å². The lowest BCUT2D eigenvalue weighted by Gasteiger charge is -2.08. The van der Waals surface area contributed by atoms with Gasteiger partial charge in [0, 0.05) is 11.2 Å². The predicted molar refractivity (Wildman–Crippen MR) is 67.9 cm³/mol. The lowest BCUT2D eigenvalue weighted by atomic mass is 10.2. The quantitative estimate of drug-likeness (QED) is 0.758. The van der Waals surface area contributed by atoms with Crippen molar-refractivity contribution in [2.24, 2.45) is 0 Å². The van der Waals surface area contributed by atoms with Gasteiger partial charge in [0.25, 0.3) is 0 Å². The number of esters is 1. The molecule has 90 valence electrons. The smallest absolute Gasteiger partial charge is 0.325 e. The topological polar surface area (TPSA) is 31.2 Å². The zero-order valence-electron chi connectivity index (χ0n) is 10.3. The lowest BCUT2D eigenvalue weighted by molar-refractivity contribution is -0.144. The lowest BCUT2D eigenvalue weighted by Crippen LogP contribution is -2.14. The Morgan fingerprint density at radius 3 is 2.88 bits per heavy atom. The molecule has 2 aromatic rings. The van der Waals surface area contributed by atoms with Crippen LogP contribution in [0.3, 0.4) is 0 Å². The third-order valence-electron chi connectivity index (χ3n) is 2.77. The van der Waals surface area contributed by atoms with Crippen LogP contribution < -0.4 is 0 Å². The van der Waals surface area contributed by atoms with Gasteiger partial charge in [0.15, 0.2) is 0 Å². The highest BCUT2D eigenvalue weighted by Gasteiger charge is 2.09. The van der Waals surface area contributed by atoms with Crippen molar-refractivity contribution in [1.82, 2.24) is 4.57 Å². The minimum atomic E-state index is -0.170. The molecule has 0 amide bonds. The van der Waals surface area contributed by atoms with Crippen LogP contribution in [0.5, 0.6) is 0 Å². The minimum absolute atomic E-state index is 0.170. The molecule has 3 heteroatoms. The number of fused-ring (bicyclic) bond motifs is 1. The number of carbonyl (C=O) groups excluding carboxylic acids is 1. The van der Waals surface area contributed by atoms with Gasteiger partial charge in [0.1, 0.15) is 6.54 Å². The summed E-state index contributed by atoms with van der Waals surface area (Å²) < 4.78 is 7.10. The van der Waals surface area contributed by atoms with E-state index in [4.69, 9.17) is 4.74 Å². The van der Waals surface area contributed by atoms with Gasteiger partial charge in [-0.05, 0) is 30.9 Å². The number of aromatic nitrogens is 1. The minimum Gasteiger partial charge on any atom is -0.464 e. The molecule has 0 aliphatic rings. The van der Waals surface area contributed by atoms with E-state index in [1.165, 1.54) is 0 Å². The first-order valence-electron chi connectivity index (χ1n) is 5.93. The third-order valence-corrected chi connectivity index (χ3v) is 2.77. The van der Waals surface area contributed by atoms with Gasteiger partial charge in [-0.3, -0.25) is 4.79 Å². The van der Waals surface area contributed by atoms with Crippen molar-refractivity contribution in [1.29, 1.82) is 0 Å². The summed E-state index contributed by atoms with van der Waals surface area (Å²) >= 11 is 0. The Hall–Kier alpha value is -1.77. The van der Waals surface area contributed by atoms with Gasteiger partial charge < -0.3 is 9.30 Å². The number of ether oxygens (including phenoxy) is 1. The fourth-order valence-electron chi connectivity index (χ4n) is 1.95. The molecule has 1 aromatic carbocycles. The molecule has 0 fully saturated rings. The zero-order valence-corrected chi connectivity index (χ0v) is 10.3. The standard InChI is InChI=1S/C14H17NO2/c1-3-8-17-14(16)10-15-11(2)9-12-6-4-5-7-13(12)15/h4-7,9H,3,8,10H2,1-2H3. The number of hydrogen-bond donors (Lipinski definition) is 0. The summed E-state index contributed by atoms with van der Waals surface area (Å²) in [6.45, 7) is 4.78. The summed E-state index contributed by atoms with van der Waals surface area (Å²) in [6, 6.07) is 10.1. The molecule has 3 nitrogen and oxygen atoms in total. The van der Waals surface area contributed by atoms with Crippen molar-refractivity contribution >= 4 is 16.9 Å². The number of aryl methyl sites for hydroxylation is 1. The maximum Gasteiger partial charge on any atom is 0.325 e. The SMILES string of the molecule is CCCOC(=O)Cn1c(C)cc2ccccc21. The van der Waals surface area contributed by atoms with E-state index in [0.29, 0.717) is 13.2 Å². The molecule has 0 saturated carbocycles. The summed E-state index contributed by atoms with van der Waals surface area (Å²) in [7, 11) is 0. The van der Waals surface area contributed by atoms with Gasteiger partial charge in [0.05, 0.1) is 6.61 Å². The summed E-state index contributed by atoms with van der Waals surface area (Å²) in [4.78, 5) is 11.6. The van der Waals surface area contributed by atoms with Crippen molar-refractivity contribution in [2.45, 2.75) is 26.8 Å². The molecule has 0 aliphatic carbocycles. The fourth-order valence-corrected chi connectivity index (χ4v) is 1.95. The van der Waals surface area contributed by atoms with Crippen LogP contribution in [0.25, 0.3) is 10.9 Å². The van der Waals surface area contributed by atoms with Crippen LogP contribution in [0.4, 0.5) is 0 Å². The average molecular weight is 231 g/mol. The zero-order chi connectivity index (χ0) is 12.3. The van der Waals surface area contributed by atoms with E-state index in [2.05, 4.69) is 12.1 Å². The normalized spacial score (nSPS) is 10.7. The first kappa shape index (κ1) is 11.7. The Labute approximate surface area is 101 Å². The summed E-state index contributed by atoms with van der Waals surface area (Å²) in [5, 5.41) is 1.16. The molecule has 0 saturated heterocycles. The highest BCUT2D eigenvalue weighted by atomic mass is 16.5. The van der Waals surface area contributed by atoms with E-state index >= 15 is 0 Å². The van der Waals surface area contributed by atoms with Crippen molar-refractivity contribution in [3.8, 4) is 0 Å². The highest BCUT2D eigenvalue weighted by molar-refractivity contribution is 5.83. The molecule has 0 bridgehead atoms. The second-order valence-corrected chi connectivity index (χ2v) is 4.15. The van der Waals surface area contributed by atoms with Crippen LogP contribution in [0.2, 0.25) is 0 Å². The van der Waals surface area contributed by atoms with E-state index < -0.39 is 0 Å². The number of carbonyl (C=O) groups is 1. The Balaban J connectivity index is 2.23. The average Bonchev–Trinajstić information content (AvgIpc) is 2.64. The molecule has 0 spiro atoms. The number of rotatable bonds is 4. The summed E-state index contributed by atoms with van der Waals surface area (Å²) in [5.41, 5.74) is 2.16. The summed E-state index contributed by atoms with van der Waals surface area (Å²) in [5.74, 6) is -0.170. The molecule has 2 rings (SSSR count). The first-order chi connectivity index (χ1) is 8.22. The van der Waals surface area contributed by atoms with Crippen LogP contribution in [-0.4, -0.2) is 17.1 Å². The second-order valence-electron chi connectivity index (χ2n) is 4.15. The Morgan fingerprint density at radius 2 is 2.12 bits per heavy atom. The van der Waals surface area contributed by atoms with Gasteiger partial charge in [-0.1, -0.05) is 25.1 Å². The molecule has 0 aliphatic heterocycles. The Kier molecular flexibility index (Phi) is 3.47. The van der Waals surface area contributed by atoms with Crippen molar-refractivity contribution in [2.75, 3.05) is 6.61 Å². The maximum atomic E-state index is 11.6. The fraction of sp³-hybridized carbons (Fsp3) is 0.357. The number of benzene rings is 1. The van der Waals surface area contributed by atoms with Crippen molar-refractivity contribution in [3.63, 3.8) is 0 Å². The highest BCUT2D eigenvalue weighted by Crippen LogP contribution is 2.18. The molecule has 0 radical (unpaired) electrons. The first-order valence-corrected chi connectivity index (χ1v) is 5.93. The van der Waals surface area contributed by atoms with E-state index in [1.54, 1.807) is 0 Å². The van der Waals surface area contributed by atoms with Gasteiger partial charge in [0.2, 0.25) is 0 Å². The van der Waals surface area contributed by atoms with Gasteiger partial charge in [-0.25, -0.2) is 0 Å². The van der Waals surface area contributed by atoms with Gasteiger partial charge in [-0.2, -0.15) is 0 Å². The largest absolute Gasteiger partial charge is 0.464 e. The van der Waals surface area contributed by atoms with E-state index in [-0.39, 0.29) is 5.97 Å². The monoisotopic (exact) mass is 231 g/mol. The molecule has 17 heavy (non-hydrogen) atoms. The number of para-hydroxylation sites is 1. The van der Waals surface area contributed by atoms with Crippen LogP contribution in [0.1, 0.15) is 19.0 Å². The van der Waals surface area contributed by atoms with Gasteiger partial charge in [-0.15, -0.1) is 0 Å². The van der Waals surface area contributed by atoms with Crippen LogP contribution >= 0.6 is 0 Å². The molecule has 0 N–H and O–H groups in total. The van der Waals surface area contributed by atoms with Crippen LogP contribution in [0, 0.1) is 6.92 Å². The molecule has 0 unspecified atom stereocenters. The molecule has 1 heterocycles. The molecule has 1 aromatic heterocycles. The Bertz CT molecular complexity index is 528. The maximum absolute atomic E-state index is 11.6. The number of nitrogens with zero attached hydrogens (tertiary/aromatic N) is 1. The Morgan fingerprint density at radius 1 is 1.35 bits per heavy atom. The van der Waals surface area contributed by atoms with Crippen molar-refractivity contribution < 1.29 is 9.53 Å². The molecular formula is C14H17NO2. The van der Waals surface area contributed by atoms with Gasteiger partial charge >= 0.3 is 5.97 Å². The summed E-state index contributed by atoms with van der Waals surface area (Å²) in [6.07, 6.45) is 0.858. The number of hydrogen-bond acceptors (Lipinski definition) is 2. The van der Waals surface area contributed by atoms with Crippen molar-refractivity contribution in [3.05, 3.63) is 36.0 Å². The van der Waals surface area contributed by atoms with E-state index in [0.717, 1.165) is 23.0 Å². The third kappa shape index (κ3) is 2.49. The molecule has 0 atom stereocenters. The second kappa shape index (κ2) is 5.04. The molecular weight excluding hydrogens is 214 g/mol.